The minimum Gasteiger partial charge on any atom is -0.356 e. The highest BCUT2D eigenvalue weighted by Gasteiger charge is 2.22. The first-order valence-corrected chi connectivity index (χ1v) is 7.16. The van der Waals surface area contributed by atoms with Gasteiger partial charge in [0.1, 0.15) is 12.0 Å². The van der Waals surface area contributed by atoms with E-state index in [-0.39, 0.29) is 17.6 Å². The van der Waals surface area contributed by atoms with Crippen LogP contribution in [0.5, 0.6) is 0 Å². The normalized spacial score (nSPS) is 15.8. The smallest absolute Gasteiger partial charge is 0.290 e. The molecule has 0 unspecified atom stereocenters. The topological polar surface area (TPSA) is 88.4 Å². The van der Waals surface area contributed by atoms with Crippen molar-refractivity contribution in [1.82, 2.24) is 10.3 Å². The summed E-state index contributed by atoms with van der Waals surface area (Å²) in [6.45, 7) is 5.14. The van der Waals surface area contributed by atoms with Crippen LogP contribution >= 0.6 is 0 Å². The van der Waals surface area contributed by atoms with Crippen LogP contribution in [-0.2, 0) is 4.79 Å². The summed E-state index contributed by atoms with van der Waals surface area (Å²) in [7, 11) is 0. The van der Waals surface area contributed by atoms with Gasteiger partial charge in [-0.05, 0) is 25.8 Å². The van der Waals surface area contributed by atoms with Gasteiger partial charge in [0.25, 0.3) is 5.69 Å². The van der Waals surface area contributed by atoms with Gasteiger partial charge in [-0.1, -0.05) is 6.92 Å². The van der Waals surface area contributed by atoms with Crippen molar-refractivity contribution >= 4 is 17.4 Å². The quantitative estimate of drug-likeness (QED) is 0.675. The number of anilines is 1. The number of aromatic nitrogens is 1. The van der Waals surface area contributed by atoms with Crippen molar-refractivity contribution in [2.24, 2.45) is 0 Å². The summed E-state index contributed by atoms with van der Waals surface area (Å²) < 4.78 is 0. The molecule has 0 aliphatic carbocycles. The molecular weight excluding hydrogens is 272 g/mol. The Morgan fingerprint density at radius 3 is 2.71 bits per heavy atom. The third-order valence-corrected chi connectivity index (χ3v) is 3.77. The lowest BCUT2D eigenvalue weighted by molar-refractivity contribution is -0.385. The first kappa shape index (κ1) is 15.2. The van der Waals surface area contributed by atoms with E-state index in [0.717, 1.165) is 31.7 Å². The molecule has 1 aliphatic heterocycles. The molecule has 1 saturated heterocycles. The number of amides is 1. The molecule has 0 atom stereocenters. The number of nitrogens with one attached hydrogen (secondary N) is 1. The maximum Gasteiger partial charge on any atom is 0.290 e. The van der Waals surface area contributed by atoms with E-state index >= 15 is 0 Å². The zero-order chi connectivity index (χ0) is 15.4. The van der Waals surface area contributed by atoms with E-state index in [2.05, 4.69) is 15.2 Å². The van der Waals surface area contributed by atoms with Crippen LogP contribution in [0.2, 0.25) is 0 Å². The van der Waals surface area contributed by atoms with Crippen molar-refractivity contribution in [3.05, 3.63) is 27.9 Å². The van der Waals surface area contributed by atoms with Gasteiger partial charge < -0.3 is 10.2 Å². The number of hydrogen-bond acceptors (Lipinski definition) is 5. The van der Waals surface area contributed by atoms with Crippen LogP contribution in [0.25, 0.3) is 0 Å². The molecule has 1 amide bonds. The second-order valence-corrected chi connectivity index (χ2v) is 5.27. The molecule has 0 spiro atoms. The molecule has 2 rings (SSSR count). The molecule has 0 aromatic carbocycles. The second kappa shape index (κ2) is 6.51. The van der Waals surface area contributed by atoms with Crippen molar-refractivity contribution in [3.8, 4) is 0 Å². The molecule has 1 aliphatic rings. The van der Waals surface area contributed by atoms with Crippen LogP contribution < -0.4 is 10.2 Å². The molecular formula is C14H20N4O3. The van der Waals surface area contributed by atoms with Crippen LogP contribution in [0.3, 0.4) is 0 Å². The minimum atomic E-state index is -0.418. The summed E-state index contributed by atoms with van der Waals surface area (Å²) in [6, 6.07) is 1.97. The fourth-order valence-corrected chi connectivity index (χ4v) is 2.48. The largest absolute Gasteiger partial charge is 0.356 e. The number of carbonyl (C=O) groups excluding carboxylic acids is 1. The molecule has 7 nitrogen and oxygen atoms in total. The van der Waals surface area contributed by atoms with Gasteiger partial charge in [-0.25, -0.2) is 4.98 Å². The number of piperidine rings is 1. The lowest BCUT2D eigenvalue weighted by Gasteiger charge is -2.33. The fraction of sp³-hybridized carbons (Fsp3) is 0.571. The summed E-state index contributed by atoms with van der Waals surface area (Å²) in [5.41, 5.74) is 0.662. The van der Waals surface area contributed by atoms with Gasteiger partial charge >= 0.3 is 0 Å². The molecule has 1 aromatic heterocycles. The molecule has 1 N–H and O–H groups in total. The van der Waals surface area contributed by atoms with E-state index in [1.54, 1.807) is 13.0 Å². The zero-order valence-corrected chi connectivity index (χ0v) is 12.3. The molecule has 2 heterocycles. The standard InChI is InChI=1S/C14H20N4O3/c1-3-14(19)16-11-4-6-17(7-5-11)13-8-10(2)12(9-15-13)18(20)21/h8-9,11H,3-7H2,1-2H3,(H,16,19). The van der Waals surface area contributed by atoms with Crippen LogP contribution in [0, 0.1) is 17.0 Å². The highest BCUT2D eigenvalue weighted by molar-refractivity contribution is 5.75. The summed E-state index contributed by atoms with van der Waals surface area (Å²) >= 11 is 0. The third-order valence-electron chi connectivity index (χ3n) is 3.77. The average Bonchev–Trinajstić information content (AvgIpc) is 2.47. The Hall–Kier alpha value is -2.18. The Labute approximate surface area is 123 Å². The van der Waals surface area contributed by atoms with Gasteiger partial charge in [0.2, 0.25) is 5.91 Å². The van der Waals surface area contributed by atoms with E-state index in [4.69, 9.17) is 0 Å². The predicted molar refractivity (Wildman–Crippen MR) is 79.3 cm³/mol. The lowest BCUT2D eigenvalue weighted by Crippen LogP contribution is -2.44. The Morgan fingerprint density at radius 2 is 2.19 bits per heavy atom. The van der Waals surface area contributed by atoms with Crippen LogP contribution in [-0.4, -0.2) is 34.9 Å². The average molecular weight is 292 g/mol. The maximum atomic E-state index is 11.4. The zero-order valence-electron chi connectivity index (χ0n) is 12.3. The number of carbonyl (C=O) groups is 1. The summed E-state index contributed by atoms with van der Waals surface area (Å²) in [4.78, 5) is 28.0. The highest BCUT2D eigenvalue weighted by Crippen LogP contribution is 2.23. The first-order chi connectivity index (χ1) is 10.0. The molecule has 7 heteroatoms. The molecule has 1 fully saturated rings. The number of pyridine rings is 1. The van der Waals surface area contributed by atoms with E-state index in [1.807, 2.05) is 6.92 Å². The molecule has 0 bridgehead atoms. The van der Waals surface area contributed by atoms with Crippen molar-refractivity contribution in [3.63, 3.8) is 0 Å². The van der Waals surface area contributed by atoms with E-state index in [0.29, 0.717) is 12.0 Å². The van der Waals surface area contributed by atoms with Crippen LogP contribution in [0.4, 0.5) is 11.5 Å². The van der Waals surface area contributed by atoms with Gasteiger partial charge in [-0.2, -0.15) is 0 Å². The first-order valence-electron chi connectivity index (χ1n) is 7.16. The Kier molecular flexibility index (Phi) is 4.72. The van der Waals surface area contributed by atoms with E-state index in [9.17, 15) is 14.9 Å². The van der Waals surface area contributed by atoms with Gasteiger partial charge in [0.15, 0.2) is 0 Å². The SMILES string of the molecule is CCC(=O)NC1CCN(c2cc(C)c([N+](=O)[O-])cn2)CC1. The lowest BCUT2D eigenvalue weighted by atomic mass is 10.0. The van der Waals surface area contributed by atoms with Gasteiger partial charge in [-0.15, -0.1) is 0 Å². The van der Waals surface area contributed by atoms with Crippen molar-refractivity contribution in [2.75, 3.05) is 18.0 Å². The van der Waals surface area contributed by atoms with Crippen LogP contribution in [0.1, 0.15) is 31.7 Å². The Balaban J connectivity index is 1.97. The molecule has 1 aromatic rings. The summed E-state index contributed by atoms with van der Waals surface area (Å²) in [5, 5.41) is 13.8. The van der Waals surface area contributed by atoms with Crippen molar-refractivity contribution in [2.45, 2.75) is 39.2 Å². The highest BCUT2D eigenvalue weighted by atomic mass is 16.6. The van der Waals surface area contributed by atoms with Crippen LogP contribution in [0.15, 0.2) is 12.3 Å². The molecule has 114 valence electrons. The number of rotatable bonds is 4. The number of nitro groups is 1. The van der Waals surface area contributed by atoms with Crippen molar-refractivity contribution in [1.29, 1.82) is 0 Å². The van der Waals surface area contributed by atoms with Gasteiger partial charge in [0, 0.05) is 31.1 Å². The monoisotopic (exact) mass is 292 g/mol. The second-order valence-electron chi connectivity index (χ2n) is 5.27. The summed E-state index contributed by atoms with van der Waals surface area (Å²) in [5.74, 6) is 0.844. The summed E-state index contributed by atoms with van der Waals surface area (Å²) in [6.07, 6.45) is 3.55. The third kappa shape index (κ3) is 3.68. The fourth-order valence-electron chi connectivity index (χ4n) is 2.48. The number of aryl methyl sites for hydroxylation is 1. The molecule has 0 radical (unpaired) electrons. The van der Waals surface area contributed by atoms with Gasteiger partial charge in [0.05, 0.1) is 4.92 Å². The molecule has 0 saturated carbocycles. The van der Waals surface area contributed by atoms with E-state index < -0.39 is 4.92 Å². The minimum absolute atomic E-state index is 0.0452. The molecule has 21 heavy (non-hydrogen) atoms. The Morgan fingerprint density at radius 1 is 1.52 bits per heavy atom. The number of nitrogens with zero attached hydrogens (tertiary/aromatic N) is 3. The number of hydrogen-bond donors (Lipinski definition) is 1. The van der Waals surface area contributed by atoms with Gasteiger partial charge in [-0.3, -0.25) is 14.9 Å². The van der Waals surface area contributed by atoms with Crippen molar-refractivity contribution < 1.29 is 9.72 Å². The maximum absolute atomic E-state index is 11.4. The predicted octanol–water partition coefficient (Wildman–Crippen LogP) is 1.79. The van der Waals surface area contributed by atoms with E-state index in [1.165, 1.54) is 6.20 Å². The Bertz CT molecular complexity index is 539.